The molecule has 26 heavy (non-hydrogen) atoms. The Morgan fingerprint density at radius 2 is 1.92 bits per heavy atom. The van der Waals surface area contributed by atoms with Gasteiger partial charge in [0.1, 0.15) is 6.10 Å². The molecule has 1 heterocycles. The van der Waals surface area contributed by atoms with Gasteiger partial charge >= 0.3 is 11.9 Å². The molecule has 0 aliphatic carbocycles. The van der Waals surface area contributed by atoms with Crippen molar-refractivity contribution in [2.75, 3.05) is 13.2 Å². The van der Waals surface area contributed by atoms with Gasteiger partial charge in [0.15, 0.2) is 5.60 Å². The van der Waals surface area contributed by atoms with Gasteiger partial charge in [-0.3, -0.25) is 9.59 Å². The predicted molar refractivity (Wildman–Crippen MR) is 98.5 cm³/mol. The molecule has 1 saturated heterocycles. The third kappa shape index (κ3) is 4.85. The lowest BCUT2D eigenvalue weighted by atomic mass is 9.90. The van der Waals surface area contributed by atoms with E-state index in [9.17, 15) is 9.59 Å². The Balaban J connectivity index is 2.02. The highest BCUT2D eigenvalue weighted by Gasteiger charge is 2.41. The highest BCUT2D eigenvalue weighted by atomic mass is 16.6. The highest BCUT2D eigenvalue weighted by Crippen LogP contribution is 2.35. The summed E-state index contributed by atoms with van der Waals surface area (Å²) in [5, 5.41) is 0. The van der Waals surface area contributed by atoms with Gasteiger partial charge in [-0.2, -0.15) is 0 Å². The van der Waals surface area contributed by atoms with E-state index < -0.39 is 17.1 Å². The van der Waals surface area contributed by atoms with Crippen LogP contribution in [0.15, 0.2) is 30.3 Å². The van der Waals surface area contributed by atoms with E-state index in [-0.39, 0.29) is 18.4 Å². The molecule has 1 aromatic rings. The number of esters is 2. The Bertz CT molecular complexity index is 602. The molecule has 5 nitrogen and oxygen atoms in total. The third-order valence-electron chi connectivity index (χ3n) is 5.15. The topological polar surface area (TPSA) is 61.8 Å². The van der Waals surface area contributed by atoms with Crippen LogP contribution in [0.4, 0.5) is 0 Å². The van der Waals surface area contributed by atoms with Crippen LogP contribution in [-0.4, -0.2) is 31.3 Å². The zero-order chi connectivity index (χ0) is 19.2. The summed E-state index contributed by atoms with van der Waals surface area (Å²) in [6.07, 6.45) is 1.45. The van der Waals surface area contributed by atoms with Crippen molar-refractivity contribution in [3.8, 4) is 0 Å². The Hall–Kier alpha value is -1.88. The van der Waals surface area contributed by atoms with Crippen LogP contribution in [0, 0.1) is 5.41 Å². The molecule has 0 aromatic heterocycles. The standard InChI is InChI=1S/C21H30O5/c1-5-17(25-19(23)20(3,4)6-2)14-18(22)26-21(12-13-24-15-21)16-10-8-7-9-11-16/h7-11,17H,5-6,12-15H2,1-4H3. The van der Waals surface area contributed by atoms with Crippen LogP contribution in [0.1, 0.15) is 58.9 Å². The molecule has 2 unspecified atom stereocenters. The van der Waals surface area contributed by atoms with E-state index in [2.05, 4.69) is 0 Å². The zero-order valence-corrected chi connectivity index (χ0v) is 16.2. The molecule has 1 aliphatic heterocycles. The molecule has 2 rings (SSSR count). The first-order valence-corrected chi connectivity index (χ1v) is 9.39. The lowest BCUT2D eigenvalue weighted by molar-refractivity contribution is -0.170. The summed E-state index contributed by atoms with van der Waals surface area (Å²) >= 11 is 0. The minimum absolute atomic E-state index is 0.0522. The van der Waals surface area contributed by atoms with Crippen LogP contribution >= 0.6 is 0 Å². The summed E-state index contributed by atoms with van der Waals surface area (Å²) in [5.74, 6) is -0.644. The van der Waals surface area contributed by atoms with E-state index in [1.807, 2.05) is 58.0 Å². The van der Waals surface area contributed by atoms with Gasteiger partial charge in [-0.1, -0.05) is 44.2 Å². The summed E-state index contributed by atoms with van der Waals surface area (Å²) < 4.78 is 16.9. The van der Waals surface area contributed by atoms with E-state index in [1.165, 1.54) is 0 Å². The van der Waals surface area contributed by atoms with Crippen LogP contribution in [0.2, 0.25) is 0 Å². The molecule has 0 amide bonds. The molecule has 0 saturated carbocycles. The Morgan fingerprint density at radius 1 is 1.23 bits per heavy atom. The number of benzene rings is 1. The lowest BCUT2D eigenvalue weighted by Crippen LogP contribution is -2.36. The van der Waals surface area contributed by atoms with Crippen molar-refractivity contribution in [3.05, 3.63) is 35.9 Å². The summed E-state index contributed by atoms with van der Waals surface area (Å²) in [6, 6.07) is 9.67. The third-order valence-corrected chi connectivity index (χ3v) is 5.15. The minimum Gasteiger partial charge on any atom is -0.461 e. The largest absolute Gasteiger partial charge is 0.461 e. The second-order valence-corrected chi connectivity index (χ2v) is 7.51. The van der Waals surface area contributed by atoms with Gasteiger partial charge < -0.3 is 14.2 Å². The fraction of sp³-hybridized carbons (Fsp3) is 0.619. The highest BCUT2D eigenvalue weighted by molar-refractivity contribution is 5.77. The van der Waals surface area contributed by atoms with Crippen LogP contribution < -0.4 is 0 Å². The van der Waals surface area contributed by atoms with E-state index in [0.717, 1.165) is 5.56 Å². The van der Waals surface area contributed by atoms with E-state index in [1.54, 1.807) is 0 Å². The summed E-state index contributed by atoms with van der Waals surface area (Å²) in [6.45, 7) is 8.44. The number of ether oxygens (including phenoxy) is 3. The number of rotatable bonds is 8. The van der Waals surface area contributed by atoms with Crippen LogP contribution in [0.5, 0.6) is 0 Å². The molecule has 1 aliphatic rings. The first-order valence-electron chi connectivity index (χ1n) is 9.39. The molecule has 0 radical (unpaired) electrons. The predicted octanol–water partition coefficient (Wildman–Crippen LogP) is 3.99. The molecule has 0 bridgehead atoms. The van der Waals surface area contributed by atoms with Gasteiger partial charge in [0.05, 0.1) is 25.0 Å². The average Bonchev–Trinajstić information content (AvgIpc) is 3.11. The van der Waals surface area contributed by atoms with E-state index in [0.29, 0.717) is 32.5 Å². The van der Waals surface area contributed by atoms with Crippen molar-refractivity contribution in [2.24, 2.45) is 5.41 Å². The van der Waals surface area contributed by atoms with Crippen LogP contribution in [-0.2, 0) is 29.4 Å². The van der Waals surface area contributed by atoms with Crippen molar-refractivity contribution >= 4 is 11.9 Å². The quantitative estimate of drug-likeness (QED) is 0.654. The van der Waals surface area contributed by atoms with Crippen molar-refractivity contribution in [3.63, 3.8) is 0 Å². The molecule has 5 heteroatoms. The van der Waals surface area contributed by atoms with Crippen LogP contribution in [0.25, 0.3) is 0 Å². The van der Waals surface area contributed by atoms with E-state index >= 15 is 0 Å². The molecule has 1 aromatic carbocycles. The van der Waals surface area contributed by atoms with Crippen molar-refractivity contribution < 1.29 is 23.8 Å². The Labute approximate surface area is 156 Å². The number of carbonyl (C=O) groups is 2. The van der Waals surface area contributed by atoms with Gasteiger partial charge in [0, 0.05) is 6.42 Å². The van der Waals surface area contributed by atoms with Crippen molar-refractivity contribution in [1.82, 2.24) is 0 Å². The molecular formula is C21H30O5. The van der Waals surface area contributed by atoms with Crippen LogP contribution in [0.3, 0.4) is 0 Å². The average molecular weight is 362 g/mol. The number of hydrogen-bond acceptors (Lipinski definition) is 5. The van der Waals surface area contributed by atoms with Gasteiger partial charge in [0.25, 0.3) is 0 Å². The molecule has 1 fully saturated rings. The second-order valence-electron chi connectivity index (χ2n) is 7.51. The Kier molecular flexibility index (Phi) is 6.81. The maximum absolute atomic E-state index is 12.6. The number of hydrogen-bond donors (Lipinski definition) is 0. The van der Waals surface area contributed by atoms with Gasteiger partial charge in [-0.25, -0.2) is 0 Å². The normalized spacial score (nSPS) is 21.2. The molecule has 0 N–H and O–H groups in total. The van der Waals surface area contributed by atoms with Gasteiger partial charge in [0.2, 0.25) is 0 Å². The fourth-order valence-electron chi connectivity index (χ4n) is 2.83. The zero-order valence-electron chi connectivity index (χ0n) is 16.2. The smallest absolute Gasteiger partial charge is 0.311 e. The van der Waals surface area contributed by atoms with Gasteiger partial charge in [-0.05, 0) is 32.3 Å². The maximum Gasteiger partial charge on any atom is 0.311 e. The monoisotopic (exact) mass is 362 g/mol. The molecule has 2 atom stereocenters. The first kappa shape index (κ1) is 20.4. The maximum atomic E-state index is 12.6. The van der Waals surface area contributed by atoms with Gasteiger partial charge in [-0.15, -0.1) is 0 Å². The second kappa shape index (κ2) is 8.67. The number of carbonyl (C=O) groups excluding carboxylic acids is 2. The summed E-state index contributed by atoms with van der Waals surface area (Å²) in [4.78, 5) is 24.9. The summed E-state index contributed by atoms with van der Waals surface area (Å²) in [7, 11) is 0. The molecular weight excluding hydrogens is 332 g/mol. The van der Waals surface area contributed by atoms with E-state index in [4.69, 9.17) is 14.2 Å². The summed E-state index contributed by atoms with van der Waals surface area (Å²) in [5.41, 5.74) is -0.367. The molecule has 144 valence electrons. The Morgan fingerprint density at radius 3 is 2.46 bits per heavy atom. The lowest BCUT2D eigenvalue weighted by Gasteiger charge is -2.29. The minimum atomic E-state index is -0.747. The molecule has 0 spiro atoms. The fourth-order valence-corrected chi connectivity index (χ4v) is 2.83. The first-order chi connectivity index (χ1) is 12.3. The van der Waals surface area contributed by atoms with Crippen molar-refractivity contribution in [2.45, 2.75) is 65.1 Å². The van der Waals surface area contributed by atoms with Crippen molar-refractivity contribution in [1.29, 1.82) is 0 Å². The SMILES string of the molecule is CCC(CC(=O)OC1(c2ccccc2)CCOC1)OC(=O)C(C)(C)CC.